The van der Waals surface area contributed by atoms with Crippen molar-refractivity contribution in [2.45, 2.75) is 51.5 Å². The highest BCUT2D eigenvalue weighted by molar-refractivity contribution is 5.93. The van der Waals surface area contributed by atoms with Gasteiger partial charge in [0.15, 0.2) is 0 Å². The van der Waals surface area contributed by atoms with Gasteiger partial charge in [0.2, 0.25) is 5.91 Å². The van der Waals surface area contributed by atoms with Gasteiger partial charge in [-0.25, -0.2) is 9.18 Å². The fourth-order valence-corrected chi connectivity index (χ4v) is 4.62. The first kappa shape index (κ1) is 23.1. The molecule has 0 aliphatic carbocycles. The molecule has 1 atom stereocenters. The van der Waals surface area contributed by atoms with Crippen LogP contribution in [0.15, 0.2) is 42.5 Å². The topological polar surface area (TPSA) is 61.9 Å². The smallest absolute Gasteiger partial charge is 0.322 e. The first-order valence-corrected chi connectivity index (χ1v) is 11.9. The second kappa shape index (κ2) is 10.7. The van der Waals surface area contributed by atoms with Crippen molar-refractivity contribution in [3.05, 3.63) is 59.4 Å². The summed E-state index contributed by atoms with van der Waals surface area (Å²) in [7, 11) is 0. The molecule has 33 heavy (non-hydrogen) atoms. The summed E-state index contributed by atoms with van der Waals surface area (Å²) >= 11 is 0. The zero-order chi connectivity index (χ0) is 23.2. The maximum atomic E-state index is 14.2. The van der Waals surface area contributed by atoms with Crippen LogP contribution in [-0.2, 0) is 11.2 Å². The molecule has 0 saturated carbocycles. The number of hydrogen-bond donors (Lipinski definition) is 1. The van der Waals surface area contributed by atoms with E-state index in [4.69, 9.17) is 4.74 Å². The van der Waals surface area contributed by atoms with Gasteiger partial charge in [-0.05, 0) is 54.3 Å². The van der Waals surface area contributed by atoms with Crippen LogP contribution in [0.3, 0.4) is 0 Å². The lowest BCUT2D eigenvalue weighted by Crippen LogP contribution is -2.56. The number of ether oxygens (including phenoxy) is 1. The second-order valence-electron chi connectivity index (χ2n) is 8.76. The number of anilines is 1. The number of nitrogens with one attached hydrogen (secondary N) is 1. The number of fused-ring (bicyclic) bond motifs is 3. The molecule has 3 amide bonds. The van der Waals surface area contributed by atoms with Crippen LogP contribution < -0.4 is 10.1 Å². The lowest BCUT2D eigenvalue weighted by molar-refractivity contribution is -0.139. The Morgan fingerprint density at radius 1 is 1.12 bits per heavy atom. The van der Waals surface area contributed by atoms with Crippen molar-refractivity contribution < 1.29 is 18.7 Å². The quantitative estimate of drug-likeness (QED) is 0.563. The molecule has 2 aromatic rings. The minimum absolute atomic E-state index is 0.0200. The lowest BCUT2D eigenvalue weighted by atomic mass is 9.90. The third kappa shape index (κ3) is 5.46. The Labute approximate surface area is 194 Å². The van der Waals surface area contributed by atoms with Gasteiger partial charge in [-0.15, -0.1) is 0 Å². The molecule has 0 bridgehead atoms. The Morgan fingerprint density at radius 3 is 2.70 bits per heavy atom. The van der Waals surface area contributed by atoms with E-state index in [1.54, 1.807) is 23.1 Å². The van der Waals surface area contributed by atoms with Gasteiger partial charge in [-0.3, -0.25) is 4.79 Å². The molecule has 2 heterocycles. The summed E-state index contributed by atoms with van der Waals surface area (Å²) in [4.78, 5) is 28.9. The maximum Gasteiger partial charge on any atom is 0.322 e. The number of amides is 3. The molecule has 0 spiro atoms. The van der Waals surface area contributed by atoms with Gasteiger partial charge in [0.25, 0.3) is 0 Å². The average molecular weight is 454 g/mol. The highest BCUT2D eigenvalue weighted by atomic mass is 19.1. The van der Waals surface area contributed by atoms with Gasteiger partial charge in [0.1, 0.15) is 18.1 Å². The number of unbranched alkanes of at least 4 members (excludes halogenated alkanes) is 4. The van der Waals surface area contributed by atoms with Gasteiger partial charge >= 0.3 is 6.03 Å². The van der Waals surface area contributed by atoms with E-state index >= 15 is 0 Å². The van der Waals surface area contributed by atoms with E-state index in [-0.39, 0.29) is 30.3 Å². The van der Waals surface area contributed by atoms with E-state index in [0.717, 1.165) is 17.7 Å². The molecule has 0 unspecified atom stereocenters. The normalized spacial score (nSPS) is 17.4. The molecule has 1 saturated heterocycles. The number of carbonyl (C=O) groups is 2. The van der Waals surface area contributed by atoms with E-state index in [9.17, 15) is 14.0 Å². The number of nitrogens with zero attached hydrogens (tertiary/aromatic N) is 2. The predicted octanol–water partition coefficient (Wildman–Crippen LogP) is 5.15. The first-order valence-electron chi connectivity index (χ1n) is 11.9. The Kier molecular flexibility index (Phi) is 7.47. The molecule has 7 heteroatoms. The maximum absolute atomic E-state index is 14.2. The number of halogens is 1. The molecule has 0 radical (unpaired) electrons. The van der Waals surface area contributed by atoms with Gasteiger partial charge in [0.05, 0.1) is 12.6 Å². The molecular weight excluding hydrogens is 421 g/mol. The summed E-state index contributed by atoms with van der Waals surface area (Å²) in [6.07, 6.45) is 6.44. The van der Waals surface area contributed by atoms with Gasteiger partial charge < -0.3 is 19.9 Å². The van der Waals surface area contributed by atoms with Crippen molar-refractivity contribution >= 4 is 17.6 Å². The molecule has 0 aromatic heterocycles. The first-order chi connectivity index (χ1) is 16.1. The average Bonchev–Trinajstić information content (AvgIpc) is 2.82. The van der Waals surface area contributed by atoms with E-state index in [2.05, 4.69) is 12.2 Å². The van der Waals surface area contributed by atoms with Crippen LogP contribution in [0.1, 0.15) is 56.2 Å². The van der Waals surface area contributed by atoms with Gasteiger partial charge in [-0.2, -0.15) is 0 Å². The van der Waals surface area contributed by atoms with Crippen LogP contribution in [0.5, 0.6) is 5.75 Å². The van der Waals surface area contributed by atoms with Crippen molar-refractivity contribution in [2.75, 3.05) is 31.6 Å². The van der Waals surface area contributed by atoms with Crippen molar-refractivity contribution in [1.29, 1.82) is 0 Å². The third-order valence-electron chi connectivity index (χ3n) is 6.44. The highest BCUT2D eigenvalue weighted by Crippen LogP contribution is 2.34. The minimum atomic E-state index is -0.337. The summed E-state index contributed by atoms with van der Waals surface area (Å²) < 4.78 is 20.0. The fraction of sp³-hybridized carbons (Fsp3) is 0.462. The molecule has 1 fully saturated rings. The van der Waals surface area contributed by atoms with Crippen LogP contribution in [0, 0.1) is 5.82 Å². The van der Waals surface area contributed by atoms with Gasteiger partial charge in [0, 0.05) is 18.8 Å². The number of hydrogen-bond acceptors (Lipinski definition) is 3. The van der Waals surface area contributed by atoms with Crippen molar-refractivity contribution in [3.63, 3.8) is 0 Å². The largest absolute Gasteiger partial charge is 0.494 e. The van der Waals surface area contributed by atoms with Crippen molar-refractivity contribution in [2.24, 2.45) is 0 Å². The number of benzene rings is 2. The Balaban J connectivity index is 1.33. The Morgan fingerprint density at radius 2 is 1.91 bits per heavy atom. The van der Waals surface area contributed by atoms with Crippen LogP contribution in [0.25, 0.3) is 0 Å². The summed E-state index contributed by atoms with van der Waals surface area (Å²) in [6.45, 7) is 3.72. The highest BCUT2D eigenvalue weighted by Gasteiger charge is 2.39. The molecular formula is C26H32FN3O3. The third-order valence-corrected chi connectivity index (χ3v) is 6.44. The summed E-state index contributed by atoms with van der Waals surface area (Å²) in [5.41, 5.74) is 2.08. The van der Waals surface area contributed by atoms with E-state index in [1.165, 1.54) is 36.6 Å². The number of piperazine rings is 1. The number of rotatable bonds is 8. The zero-order valence-corrected chi connectivity index (χ0v) is 19.2. The Hall–Kier alpha value is -3.09. The van der Waals surface area contributed by atoms with E-state index in [0.29, 0.717) is 37.4 Å². The number of urea groups is 1. The molecule has 4 rings (SSSR count). The molecule has 2 aliphatic heterocycles. The molecule has 1 N–H and O–H groups in total. The van der Waals surface area contributed by atoms with Crippen LogP contribution in [0.2, 0.25) is 0 Å². The number of carbonyl (C=O) groups excluding carboxylic acids is 2. The zero-order valence-electron chi connectivity index (χ0n) is 19.2. The monoisotopic (exact) mass is 453 g/mol. The lowest BCUT2D eigenvalue weighted by Gasteiger charge is -2.44. The molecule has 6 nitrogen and oxygen atoms in total. The van der Waals surface area contributed by atoms with E-state index in [1.807, 2.05) is 18.2 Å². The van der Waals surface area contributed by atoms with Crippen LogP contribution >= 0.6 is 0 Å². The summed E-state index contributed by atoms with van der Waals surface area (Å²) in [5.74, 6) is 0.413. The van der Waals surface area contributed by atoms with Crippen LogP contribution in [-0.4, -0.2) is 48.0 Å². The molecule has 176 valence electrons. The van der Waals surface area contributed by atoms with Crippen molar-refractivity contribution in [1.82, 2.24) is 9.80 Å². The second-order valence-corrected chi connectivity index (χ2v) is 8.76. The predicted molar refractivity (Wildman–Crippen MR) is 126 cm³/mol. The molecule has 2 aliphatic rings. The van der Waals surface area contributed by atoms with Crippen molar-refractivity contribution in [3.8, 4) is 5.75 Å². The SMILES string of the molecule is CCCCCCCOc1ccc(NC(=O)N2CC(=O)N3CCc4c(F)cccc4[C@@H]3C2)cc1. The van der Waals surface area contributed by atoms with Crippen LogP contribution in [0.4, 0.5) is 14.9 Å². The Bertz CT molecular complexity index is 979. The van der Waals surface area contributed by atoms with E-state index < -0.39 is 0 Å². The standard InChI is InChI=1S/C26H32FN3O3/c1-2-3-4-5-6-16-33-20-12-10-19(11-13-20)28-26(32)29-17-24-22-8-7-9-23(27)21(22)14-15-30(24)25(31)18-29/h7-13,24H,2-6,14-18H2,1H3,(H,28,32)/t24-/m0/s1. The van der Waals surface area contributed by atoms with Gasteiger partial charge in [-0.1, -0.05) is 44.7 Å². The summed E-state index contributed by atoms with van der Waals surface area (Å²) in [5, 5.41) is 2.87. The summed E-state index contributed by atoms with van der Waals surface area (Å²) in [6, 6.07) is 11.6. The molecule has 2 aromatic carbocycles. The minimum Gasteiger partial charge on any atom is -0.494 e. The fourth-order valence-electron chi connectivity index (χ4n) is 4.62.